The smallest absolute Gasteiger partial charge is 0.241 e. The minimum absolute atomic E-state index is 0.0397. The Hall–Kier alpha value is -1.49. The molecule has 1 aliphatic heterocycles. The molecule has 0 radical (unpaired) electrons. The molecule has 2 aromatic heterocycles. The van der Waals surface area contributed by atoms with Crippen LogP contribution in [-0.4, -0.2) is 68.9 Å². The summed E-state index contributed by atoms with van der Waals surface area (Å²) < 4.78 is 26.3. The lowest BCUT2D eigenvalue weighted by atomic mass is 9.70. The van der Waals surface area contributed by atoms with Gasteiger partial charge in [0.05, 0.1) is 24.6 Å². The van der Waals surface area contributed by atoms with E-state index in [1.165, 1.54) is 4.31 Å². The zero-order valence-corrected chi connectivity index (χ0v) is 16.8. The Morgan fingerprint density at radius 3 is 2.74 bits per heavy atom. The van der Waals surface area contributed by atoms with E-state index in [1.54, 1.807) is 10.7 Å². The quantitative estimate of drug-likeness (QED) is 0.768. The number of nitrogens with zero attached hydrogens (tertiary/aromatic N) is 5. The number of aromatic nitrogens is 4. The zero-order chi connectivity index (χ0) is 19.4. The van der Waals surface area contributed by atoms with E-state index in [2.05, 4.69) is 27.3 Å². The van der Waals surface area contributed by atoms with Crippen molar-refractivity contribution in [2.45, 2.75) is 50.2 Å². The summed E-state index contributed by atoms with van der Waals surface area (Å²) in [5, 5.41) is 18.4. The second-order valence-corrected chi connectivity index (χ2v) is 10.1. The number of aliphatic hydroxyl groups is 1. The Morgan fingerprint density at radius 2 is 2.15 bits per heavy atom. The van der Waals surface area contributed by atoms with Crippen LogP contribution in [0, 0.1) is 0 Å². The first-order valence-electron chi connectivity index (χ1n) is 8.99. The van der Waals surface area contributed by atoms with Crippen LogP contribution in [-0.2, 0) is 15.4 Å². The third-order valence-electron chi connectivity index (χ3n) is 5.67. The Labute approximate surface area is 162 Å². The van der Waals surface area contributed by atoms with Crippen molar-refractivity contribution in [3.05, 3.63) is 17.2 Å². The molecule has 1 saturated heterocycles. The van der Waals surface area contributed by atoms with Gasteiger partial charge in [0, 0.05) is 18.5 Å². The van der Waals surface area contributed by atoms with Crippen LogP contribution in [0.15, 0.2) is 6.20 Å². The van der Waals surface area contributed by atoms with Crippen LogP contribution < -0.4 is 5.32 Å². The van der Waals surface area contributed by atoms with Gasteiger partial charge in [-0.1, -0.05) is 24.9 Å². The summed E-state index contributed by atoms with van der Waals surface area (Å²) in [4.78, 5) is 8.79. The van der Waals surface area contributed by atoms with E-state index >= 15 is 0 Å². The van der Waals surface area contributed by atoms with E-state index in [4.69, 9.17) is 11.6 Å². The van der Waals surface area contributed by atoms with E-state index in [-0.39, 0.29) is 18.0 Å². The van der Waals surface area contributed by atoms with Crippen molar-refractivity contribution < 1.29 is 13.5 Å². The lowest BCUT2D eigenvalue weighted by Gasteiger charge is -2.36. The molecule has 4 rings (SSSR count). The Bertz CT molecular complexity index is 974. The molecule has 1 aliphatic carbocycles. The highest BCUT2D eigenvalue weighted by molar-refractivity contribution is 7.88. The molecule has 0 unspecified atom stereocenters. The van der Waals surface area contributed by atoms with Crippen molar-refractivity contribution in [1.29, 1.82) is 0 Å². The van der Waals surface area contributed by atoms with Crippen LogP contribution in [0.25, 0.3) is 5.52 Å². The molecule has 0 amide bonds. The Morgan fingerprint density at radius 1 is 1.41 bits per heavy atom. The lowest BCUT2D eigenvalue weighted by Crippen LogP contribution is -2.51. The SMILES string of the molecule is CC1(c2nc(Cl)c3cnc(N[C@H]4CCN(S(C)(=O)=O)C[C@H]4O)nn23)CCC1. The van der Waals surface area contributed by atoms with Crippen molar-refractivity contribution in [3.8, 4) is 0 Å². The number of sulfonamides is 1. The summed E-state index contributed by atoms with van der Waals surface area (Å²) in [5.74, 6) is 1.18. The number of β-amino-alcohol motifs (C(OH)–C–C–N with tert-alkyl or cyclic N) is 1. The van der Waals surface area contributed by atoms with Gasteiger partial charge in [-0.05, 0) is 19.3 Å². The van der Waals surface area contributed by atoms with E-state index < -0.39 is 16.1 Å². The molecular weight excluding hydrogens is 392 g/mol. The van der Waals surface area contributed by atoms with Gasteiger partial charge in [-0.2, -0.15) is 4.31 Å². The molecule has 2 aliphatic rings. The number of piperidine rings is 1. The van der Waals surface area contributed by atoms with Crippen molar-refractivity contribution in [3.63, 3.8) is 0 Å². The highest BCUT2D eigenvalue weighted by Crippen LogP contribution is 2.43. The van der Waals surface area contributed by atoms with Crippen molar-refractivity contribution in [2.24, 2.45) is 0 Å². The molecular formula is C16H23ClN6O3S. The van der Waals surface area contributed by atoms with Gasteiger partial charge in [0.15, 0.2) is 5.15 Å². The molecule has 0 bridgehead atoms. The van der Waals surface area contributed by atoms with Gasteiger partial charge in [-0.25, -0.2) is 22.9 Å². The second kappa shape index (κ2) is 6.54. The number of aliphatic hydroxyl groups excluding tert-OH is 1. The number of rotatable bonds is 4. The van der Waals surface area contributed by atoms with Crippen LogP contribution in [0.2, 0.25) is 5.15 Å². The average Bonchev–Trinajstić information content (AvgIpc) is 2.90. The fraction of sp³-hybridized carbons (Fsp3) is 0.688. The topological polar surface area (TPSA) is 113 Å². The van der Waals surface area contributed by atoms with E-state index in [9.17, 15) is 13.5 Å². The number of imidazole rings is 1. The molecule has 2 N–H and O–H groups in total. The minimum Gasteiger partial charge on any atom is -0.390 e. The molecule has 1 saturated carbocycles. The number of hydrogen-bond acceptors (Lipinski definition) is 7. The van der Waals surface area contributed by atoms with Gasteiger partial charge < -0.3 is 10.4 Å². The van der Waals surface area contributed by atoms with Crippen LogP contribution in [0.4, 0.5) is 5.95 Å². The monoisotopic (exact) mass is 414 g/mol. The highest BCUT2D eigenvalue weighted by atomic mass is 35.5. The summed E-state index contributed by atoms with van der Waals surface area (Å²) in [6.07, 6.45) is 5.62. The summed E-state index contributed by atoms with van der Waals surface area (Å²) >= 11 is 6.26. The second-order valence-electron chi connectivity index (χ2n) is 7.75. The first kappa shape index (κ1) is 18.9. The summed E-state index contributed by atoms with van der Waals surface area (Å²) in [5.41, 5.74) is 0.611. The normalized spacial score (nSPS) is 26.1. The predicted octanol–water partition coefficient (Wildman–Crippen LogP) is 1.03. The summed E-state index contributed by atoms with van der Waals surface area (Å²) in [7, 11) is -3.31. The van der Waals surface area contributed by atoms with E-state index in [0.29, 0.717) is 29.6 Å². The van der Waals surface area contributed by atoms with Crippen molar-refractivity contribution in [1.82, 2.24) is 23.9 Å². The van der Waals surface area contributed by atoms with Crippen molar-refractivity contribution >= 4 is 33.1 Å². The van der Waals surface area contributed by atoms with Crippen LogP contribution in [0.3, 0.4) is 0 Å². The number of halogens is 1. The third-order valence-corrected chi connectivity index (χ3v) is 7.22. The van der Waals surface area contributed by atoms with Gasteiger partial charge in [-0.15, -0.1) is 5.10 Å². The molecule has 2 aromatic rings. The zero-order valence-electron chi connectivity index (χ0n) is 15.3. The predicted molar refractivity (Wildman–Crippen MR) is 101 cm³/mol. The Balaban J connectivity index is 1.57. The molecule has 2 fully saturated rings. The molecule has 27 heavy (non-hydrogen) atoms. The number of fused-ring (bicyclic) bond motifs is 1. The van der Waals surface area contributed by atoms with Gasteiger partial charge in [0.1, 0.15) is 11.3 Å². The average molecular weight is 415 g/mol. The molecule has 0 spiro atoms. The maximum absolute atomic E-state index is 11.7. The largest absolute Gasteiger partial charge is 0.390 e. The highest BCUT2D eigenvalue weighted by Gasteiger charge is 2.39. The first-order valence-corrected chi connectivity index (χ1v) is 11.2. The molecule has 0 aromatic carbocycles. The molecule has 148 valence electrons. The lowest BCUT2D eigenvalue weighted by molar-refractivity contribution is 0.0950. The Kier molecular flexibility index (Phi) is 4.57. The maximum atomic E-state index is 11.7. The van der Waals surface area contributed by atoms with Gasteiger partial charge in [0.2, 0.25) is 16.0 Å². The van der Waals surface area contributed by atoms with Crippen LogP contribution >= 0.6 is 11.6 Å². The standard InChI is InChI=1S/C16H23ClN6O3S/c1-16(5-3-6-16)14-20-13(17)11-8-18-15(21-23(11)14)19-10-4-7-22(9-12(10)24)27(2,25)26/h8,10,12,24H,3-7,9H2,1-2H3,(H,19,21)/t10-,12+/m0/s1. The number of hydrogen-bond donors (Lipinski definition) is 2. The molecule has 11 heteroatoms. The maximum Gasteiger partial charge on any atom is 0.241 e. The molecule has 9 nitrogen and oxygen atoms in total. The minimum atomic E-state index is -3.31. The fourth-order valence-electron chi connectivity index (χ4n) is 3.78. The molecule has 3 heterocycles. The first-order chi connectivity index (χ1) is 12.7. The fourth-order valence-corrected chi connectivity index (χ4v) is 4.85. The van der Waals surface area contributed by atoms with E-state index in [1.807, 2.05) is 0 Å². The van der Waals surface area contributed by atoms with E-state index in [0.717, 1.165) is 31.3 Å². The van der Waals surface area contributed by atoms with Gasteiger partial charge in [0.25, 0.3) is 0 Å². The summed E-state index contributed by atoms with van der Waals surface area (Å²) in [6.45, 7) is 2.55. The van der Waals surface area contributed by atoms with Gasteiger partial charge >= 0.3 is 0 Å². The third kappa shape index (κ3) is 3.39. The van der Waals surface area contributed by atoms with Crippen molar-refractivity contribution in [2.75, 3.05) is 24.7 Å². The molecule has 2 atom stereocenters. The number of anilines is 1. The number of nitrogens with one attached hydrogen (secondary N) is 1. The van der Waals surface area contributed by atoms with Crippen LogP contribution in [0.5, 0.6) is 0 Å². The van der Waals surface area contributed by atoms with Gasteiger partial charge in [-0.3, -0.25) is 0 Å². The van der Waals surface area contributed by atoms with Crippen LogP contribution in [0.1, 0.15) is 38.4 Å². The summed E-state index contributed by atoms with van der Waals surface area (Å²) in [6, 6.07) is -0.331.